The number of unbranched alkanes of at least 4 members (excludes halogenated alkanes) is 11. The first kappa shape index (κ1) is 32.5. The number of hydrogen-bond donors (Lipinski definition) is 2. The van der Waals surface area contributed by atoms with Gasteiger partial charge in [-0.3, -0.25) is 13.8 Å². The highest BCUT2D eigenvalue weighted by molar-refractivity contribution is 7.47. The van der Waals surface area contributed by atoms with Gasteiger partial charge in [-0.15, -0.1) is 0 Å². The van der Waals surface area contributed by atoms with Gasteiger partial charge in [0.05, 0.1) is 40.3 Å². The van der Waals surface area contributed by atoms with Crippen molar-refractivity contribution >= 4 is 13.8 Å². The van der Waals surface area contributed by atoms with Gasteiger partial charge in [-0.2, -0.15) is 0 Å². The average molecular weight is 497 g/mol. The third-order valence-corrected chi connectivity index (χ3v) is 6.75. The largest absolute Gasteiger partial charge is 0.481 e. The van der Waals surface area contributed by atoms with E-state index in [1.807, 2.05) is 14.1 Å². The molecule has 0 fully saturated rings. The van der Waals surface area contributed by atoms with Gasteiger partial charge in [-0.25, -0.2) is 4.57 Å². The predicted molar refractivity (Wildman–Crippen MR) is 132 cm³/mol. The molecule has 0 bridgehead atoms. The second kappa shape index (κ2) is 20.8. The van der Waals surface area contributed by atoms with E-state index >= 15 is 0 Å². The first-order chi connectivity index (χ1) is 15.7. The smallest absolute Gasteiger partial charge is 0.472 e. The SMILES string of the molecule is CCCCCCCCCCCCCCOCCOP(=O)(O)OCC[N+](C)(C)CCCC(=O)O. The summed E-state index contributed by atoms with van der Waals surface area (Å²) in [6, 6.07) is 0. The third kappa shape index (κ3) is 24.4. The van der Waals surface area contributed by atoms with Gasteiger partial charge in [0.2, 0.25) is 0 Å². The number of carboxylic acids is 1. The maximum atomic E-state index is 11.9. The molecule has 0 aliphatic carbocycles. The number of aliphatic carboxylic acids is 1. The van der Waals surface area contributed by atoms with Crippen molar-refractivity contribution in [2.24, 2.45) is 0 Å². The van der Waals surface area contributed by atoms with Gasteiger partial charge in [0, 0.05) is 13.0 Å². The molecule has 1 atom stereocenters. The highest BCUT2D eigenvalue weighted by Crippen LogP contribution is 2.42. The lowest BCUT2D eigenvalue weighted by Gasteiger charge is -2.29. The van der Waals surface area contributed by atoms with Crippen LogP contribution in [0.4, 0.5) is 0 Å². The van der Waals surface area contributed by atoms with Crippen LogP contribution >= 0.6 is 7.82 Å². The molecule has 0 amide bonds. The lowest BCUT2D eigenvalue weighted by molar-refractivity contribution is -0.890. The maximum absolute atomic E-state index is 11.9. The fraction of sp³-hybridized carbons (Fsp3) is 0.958. The second-order valence-electron chi connectivity index (χ2n) is 9.52. The third-order valence-electron chi connectivity index (χ3n) is 5.73. The molecule has 198 valence electrons. The van der Waals surface area contributed by atoms with Crippen molar-refractivity contribution in [2.75, 3.05) is 53.6 Å². The Labute approximate surface area is 202 Å². The van der Waals surface area contributed by atoms with Gasteiger partial charge >= 0.3 is 13.8 Å². The van der Waals surface area contributed by atoms with Gasteiger partial charge < -0.3 is 19.2 Å². The Morgan fingerprint density at radius 3 is 1.79 bits per heavy atom. The lowest BCUT2D eigenvalue weighted by atomic mass is 10.1. The van der Waals surface area contributed by atoms with Crippen LogP contribution in [0.5, 0.6) is 0 Å². The van der Waals surface area contributed by atoms with Crippen LogP contribution in [0.3, 0.4) is 0 Å². The molecule has 0 saturated heterocycles. The number of phosphoric ester groups is 1. The van der Waals surface area contributed by atoms with Crippen LogP contribution in [0.25, 0.3) is 0 Å². The molecule has 0 saturated carbocycles. The number of phosphoric acid groups is 1. The summed E-state index contributed by atoms with van der Waals surface area (Å²) < 4.78 is 27.9. The predicted octanol–water partition coefficient (Wildman–Crippen LogP) is 5.78. The van der Waals surface area contributed by atoms with E-state index in [9.17, 15) is 14.3 Å². The topological polar surface area (TPSA) is 102 Å². The molecular formula is C24H51NO7P+. The molecule has 0 aromatic heterocycles. The van der Waals surface area contributed by atoms with Crippen molar-refractivity contribution in [3.8, 4) is 0 Å². The van der Waals surface area contributed by atoms with Crippen LogP contribution < -0.4 is 0 Å². The van der Waals surface area contributed by atoms with Crippen molar-refractivity contribution in [1.82, 2.24) is 0 Å². The summed E-state index contributed by atoms with van der Waals surface area (Å²) in [4.78, 5) is 20.3. The molecule has 9 heteroatoms. The quantitative estimate of drug-likeness (QED) is 0.0938. The molecule has 0 heterocycles. The summed E-state index contributed by atoms with van der Waals surface area (Å²) >= 11 is 0. The summed E-state index contributed by atoms with van der Waals surface area (Å²) in [7, 11) is -0.236. The van der Waals surface area contributed by atoms with Crippen molar-refractivity contribution in [1.29, 1.82) is 0 Å². The van der Waals surface area contributed by atoms with Crippen molar-refractivity contribution < 1.29 is 37.6 Å². The summed E-state index contributed by atoms with van der Waals surface area (Å²) in [5, 5.41) is 8.70. The molecule has 0 aliphatic heterocycles. The van der Waals surface area contributed by atoms with Gasteiger partial charge in [-0.1, -0.05) is 77.6 Å². The first-order valence-corrected chi connectivity index (χ1v) is 14.4. The van der Waals surface area contributed by atoms with Gasteiger partial charge in [-0.05, 0) is 6.42 Å². The van der Waals surface area contributed by atoms with Crippen molar-refractivity contribution in [3.63, 3.8) is 0 Å². The minimum Gasteiger partial charge on any atom is -0.481 e. The van der Waals surface area contributed by atoms with Crippen LogP contribution in [-0.4, -0.2) is 74.1 Å². The summed E-state index contributed by atoms with van der Waals surface area (Å²) in [5.74, 6) is -0.819. The Kier molecular flexibility index (Phi) is 20.5. The normalized spacial score (nSPS) is 13.8. The van der Waals surface area contributed by atoms with Gasteiger partial charge in [0.15, 0.2) is 0 Å². The number of nitrogens with zero attached hydrogens (tertiary/aromatic N) is 1. The molecule has 0 aliphatic rings. The Morgan fingerprint density at radius 2 is 1.24 bits per heavy atom. The van der Waals surface area contributed by atoms with Crippen LogP contribution in [0.2, 0.25) is 0 Å². The molecular weight excluding hydrogens is 445 g/mol. The molecule has 8 nitrogen and oxygen atoms in total. The van der Waals surface area contributed by atoms with E-state index in [2.05, 4.69) is 6.92 Å². The van der Waals surface area contributed by atoms with Crippen LogP contribution in [0.1, 0.15) is 96.8 Å². The Balaban J connectivity index is 3.50. The zero-order chi connectivity index (χ0) is 24.8. The fourth-order valence-corrected chi connectivity index (χ4v) is 4.26. The van der Waals surface area contributed by atoms with Gasteiger partial charge in [0.1, 0.15) is 13.2 Å². The Bertz CT molecular complexity index is 517. The van der Waals surface area contributed by atoms with Crippen LogP contribution in [-0.2, 0) is 23.1 Å². The van der Waals surface area contributed by atoms with Crippen LogP contribution in [0, 0.1) is 0 Å². The van der Waals surface area contributed by atoms with E-state index < -0.39 is 13.8 Å². The summed E-state index contributed by atoms with van der Waals surface area (Å²) in [5.41, 5.74) is 0. The molecule has 0 aromatic rings. The molecule has 1 unspecified atom stereocenters. The monoisotopic (exact) mass is 496 g/mol. The number of likely N-dealkylation sites (N-methyl/N-ethyl adjacent to an activating group) is 1. The molecule has 0 aromatic carbocycles. The van der Waals surface area contributed by atoms with E-state index in [-0.39, 0.29) is 26.2 Å². The molecule has 2 N–H and O–H groups in total. The summed E-state index contributed by atoms with van der Waals surface area (Å²) in [6.45, 7) is 4.38. The summed E-state index contributed by atoms with van der Waals surface area (Å²) in [6.07, 6.45) is 16.2. The molecule has 0 spiro atoms. The van der Waals surface area contributed by atoms with E-state index in [1.54, 1.807) is 0 Å². The number of hydrogen-bond acceptors (Lipinski definition) is 5. The van der Waals surface area contributed by atoms with E-state index in [0.29, 0.717) is 30.6 Å². The zero-order valence-corrected chi connectivity index (χ0v) is 22.4. The first-order valence-electron chi connectivity index (χ1n) is 12.9. The average Bonchev–Trinajstić information content (AvgIpc) is 2.72. The number of carbonyl (C=O) groups is 1. The molecule has 0 radical (unpaired) electrons. The highest BCUT2D eigenvalue weighted by Gasteiger charge is 2.23. The minimum atomic E-state index is -4.09. The van der Waals surface area contributed by atoms with E-state index in [0.717, 1.165) is 12.8 Å². The highest BCUT2D eigenvalue weighted by atomic mass is 31.2. The fourth-order valence-electron chi connectivity index (χ4n) is 3.57. The zero-order valence-electron chi connectivity index (χ0n) is 21.5. The molecule has 0 rings (SSSR count). The van der Waals surface area contributed by atoms with E-state index in [4.69, 9.17) is 18.9 Å². The van der Waals surface area contributed by atoms with E-state index in [1.165, 1.54) is 64.2 Å². The van der Waals surface area contributed by atoms with Gasteiger partial charge in [0.25, 0.3) is 0 Å². The number of rotatable bonds is 25. The lowest BCUT2D eigenvalue weighted by Crippen LogP contribution is -2.43. The number of quaternary nitrogens is 1. The standard InChI is InChI=1S/C24H50NO7P/c1-4-5-6-7-8-9-10-11-12-13-14-15-20-30-22-23-32-33(28,29)31-21-19-25(2,3)18-16-17-24(26)27/h4-23H2,1-3H3,(H-,26,27,28,29)/p+1. The van der Waals surface area contributed by atoms with Crippen molar-refractivity contribution in [3.05, 3.63) is 0 Å². The second-order valence-corrected chi connectivity index (χ2v) is 11.0. The van der Waals surface area contributed by atoms with Crippen LogP contribution in [0.15, 0.2) is 0 Å². The maximum Gasteiger partial charge on any atom is 0.472 e. The number of carboxylic acid groups (broad SMARTS) is 1. The Hall–Kier alpha value is -0.500. The van der Waals surface area contributed by atoms with Crippen molar-refractivity contribution in [2.45, 2.75) is 96.8 Å². The Morgan fingerprint density at radius 1 is 0.727 bits per heavy atom. The number of ether oxygens (including phenoxy) is 1. The molecule has 33 heavy (non-hydrogen) atoms. The minimum absolute atomic E-state index is 0.0168.